The minimum Gasteiger partial charge on any atom is -0.346 e. The second-order valence-electron chi connectivity index (χ2n) is 6.18. The number of fused-ring (bicyclic) bond motifs is 1. The van der Waals surface area contributed by atoms with Gasteiger partial charge in [0, 0.05) is 28.2 Å². The Morgan fingerprint density at radius 2 is 2.00 bits per heavy atom. The van der Waals surface area contributed by atoms with Gasteiger partial charge < -0.3 is 10.3 Å². The first-order valence-electron chi connectivity index (χ1n) is 8.28. The molecule has 0 saturated carbocycles. The summed E-state index contributed by atoms with van der Waals surface area (Å²) in [6.07, 6.45) is 0.396. The maximum atomic E-state index is 12.3. The van der Waals surface area contributed by atoms with Crippen LogP contribution in [-0.2, 0) is 4.79 Å². The smallest absolute Gasteiger partial charge is 0.221 e. The minimum atomic E-state index is -0.236. The molecule has 0 aliphatic carbocycles. The lowest BCUT2D eigenvalue weighted by molar-refractivity contribution is -0.121. The van der Waals surface area contributed by atoms with Crippen molar-refractivity contribution in [1.29, 1.82) is 0 Å². The van der Waals surface area contributed by atoms with Crippen molar-refractivity contribution < 1.29 is 9.59 Å². The highest BCUT2D eigenvalue weighted by molar-refractivity contribution is 7.12. The lowest BCUT2D eigenvalue weighted by Crippen LogP contribution is -2.27. The summed E-state index contributed by atoms with van der Waals surface area (Å²) < 4.78 is 0. The van der Waals surface area contributed by atoms with E-state index in [0.717, 1.165) is 26.4 Å². The normalized spacial score (nSPS) is 12.3. The number of hydrogen-bond acceptors (Lipinski definition) is 4. The number of ketones is 1. The van der Waals surface area contributed by atoms with Gasteiger partial charge in [0.2, 0.25) is 5.91 Å². The highest BCUT2D eigenvalue weighted by Gasteiger charge is 2.16. The number of rotatable bonds is 6. The molecule has 2 N–H and O–H groups in total. The van der Waals surface area contributed by atoms with Crippen molar-refractivity contribution in [2.24, 2.45) is 0 Å². The number of benzene rings is 1. The number of aromatic nitrogens is 2. The van der Waals surface area contributed by atoms with Gasteiger partial charge in [-0.2, -0.15) is 0 Å². The van der Waals surface area contributed by atoms with Gasteiger partial charge in [-0.15, -0.1) is 11.3 Å². The van der Waals surface area contributed by atoms with Crippen molar-refractivity contribution in [3.05, 3.63) is 51.5 Å². The number of hydrogen-bond donors (Lipinski definition) is 2. The van der Waals surface area contributed by atoms with Gasteiger partial charge in [-0.3, -0.25) is 9.59 Å². The summed E-state index contributed by atoms with van der Waals surface area (Å²) in [5, 5.41) is 2.90. The average Bonchev–Trinajstić information content (AvgIpc) is 3.15. The molecule has 2 heterocycles. The van der Waals surface area contributed by atoms with Gasteiger partial charge in [0.05, 0.1) is 17.1 Å². The summed E-state index contributed by atoms with van der Waals surface area (Å²) in [5.41, 5.74) is 2.55. The van der Waals surface area contributed by atoms with Gasteiger partial charge in [0.25, 0.3) is 0 Å². The van der Waals surface area contributed by atoms with E-state index in [0.29, 0.717) is 5.82 Å². The van der Waals surface area contributed by atoms with Crippen molar-refractivity contribution in [3.63, 3.8) is 0 Å². The number of thiophene rings is 1. The van der Waals surface area contributed by atoms with Crippen molar-refractivity contribution in [1.82, 2.24) is 15.3 Å². The molecule has 1 atom stereocenters. The van der Waals surface area contributed by atoms with E-state index >= 15 is 0 Å². The monoisotopic (exact) mass is 355 g/mol. The molecular weight excluding hydrogens is 334 g/mol. The predicted molar refractivity (Wildman–Crippen MR) is 100 cm³/mol. The molecule has 0 aliphatic heterocycles. The summed E-state index contributed by atoms with van der Waals surface area (Å²) in [5.74, 6) is 0.587. The van der Waals surface area contributed by atoms with Crippen LogP contribution >= 0.6 is 11.3 Å². The molecule has 5 nitrogen and oxygen atoms in total. The Morgan fingerprint density at radius 3 is 2.68 bits per heavy atom. The molecule has 3 aromatic rings. The number of aromatic amines is 1. The molecule has 25 heavy (non-hydrogen) atoms. The number of carbonyl (C=O) groups excluding carboxylic acids is 2. The van der Waals surface area contributed by atoms with Crippen LogP contribution < -0.4 is 5.32 Å². The SMILES string of the molecule is Cc1cc(C(=O)CCC(=O)NC(C)c2nc3ccccc3[nH]2)c(C)s1. The average molecular weight is 355 g/mol. The third-order valence-corrected chi connectivity index (χ3v) is 5.08. The van der Waals surface area contributed by atoms with Crippen LogP contribution in [0.4, 0.5) is 0 Å². The van der Waals surface area contributed by atoms with E-state index in [9.17, 15) is 9.59 Å². The molecule has 130 valence electrons. The number of H-pyrrole nitrogens is 1. The summed E-state index contributed by atoms with van der Waals surface area (Å²) >= 11 is 1.61. The van der Waals surface area contributed by atoms with Gasteiger partial charge in [-0.25, -0.2) is 4.98 Å². The zero-order chi connectivity index (χ0) is 18.0. The van der Waals surface area contributed by atoms with Crippen LogP contribution in [-0.4, -0.2) is 21.7 Å². The van der Waals surface area contributed by atoms with E-state index in [1.54, 1.807) is 11.3 Å². The van der Waals surface area contributed by atoms with E-state index in [2.05, 4.69) is 15.3 Å². The van der Waals surface area contributed by atoms with Crippen LogP contribution in [0.25, 0.3) is 11.0 Å². The number of carbonyl (C=O) groups is 2. The molecule has 1 aromatic carbocycles. The zero-order valence-corrected chi connectivity index (χ0v) is 15.4. The fourth-order valence-electron chi connectivity index (χ4n) is 2.83. The molecule has 6 heteroatoms. The Labute approximate surface area is 150 Å². The fourth-order valence-corrected chi connectivity index (χ4v) is 3.77. The number of Topliss-reactive ketones (excluding diaryl/α,β-unsaturated/α-hetero) is 1. The molecule has 0 bridgehead atoms. The van der Waals surface area contributed by atoms with Gasteiger partial charge in [-0.1, -0.05) is 12.1 Å². The Hall–Kier alpha value is -2.47. The van der Waals surface area contributed by atoms with Crippen molar-refractivity contribution in [2.75, 3.05) is 0 Å². The quantitative estimate of drug-likeness (QED) is 0.654. The van der Waals surface area contributed by atoms with Crippen molar-refractivity contribution in [3.8, 4) is 0 Å². The summed E-state index contributed by atoms with van der Waals surface area (Å²) in [4.78, 5) is 34.3. The number of nitrogens with zero attached hydrogens (tertiary/aromatic N) is 1. The first-order chi connectivity index (χ1) is 11.9. The first-order valence-corrected chi connectivity index (χ1v) is 9.10. The molecule has 0 saturated heterocycles. The molecule has 3 rings (SSSR count). The summed E-state index contributed by atoms with van der Waals surface area (Å²) in [6.45, 7) is 5.80. The second-order valence-corrected chi connectivity index (χ2v) is 7.64. The number of amides is 1. The Bertz CT molecular complexity index is 893. The number of aryl methyl sites for hydroxylation is 2. The lowest BCUT2D eigenvalue weighted by atomic mass is 10.1. The van der Waals surface area contributed by atoms with Crippen molar-refractivity contribution in [2.45, 2.75) is 39.7 Å². The molecule has 1 unspecified atom stereocenters. The highest BCUT2D eigenvalue weighted by atomic mass is 32.1. The van der Waals surface area contributed by atoms with Gasteiger partial charge in [-0.05, 0) is 39.0 Å². The van der Waals surface area contributed by atoms with E-state index in [1.807, 2.05) is 51.1 Å². The fraction of sp³-hybridized carbons (Fsp3) is 0.316. The first kappa shape index (κ1) is 17.4. The number of imidazole rings is 1. The van der Waals surface area contributed by atoms with Crippen LogP contribution in [0.2, 0.25) is 0 Å². The van der Waals surface area contributed by atoms with Crippen LogP contribution in [0.3, 0.4) is 0 Å². The molecule has 2 aromatic heterocycles. The zero-order valence-electron chi connectivity index (χ0n) is 14.6. The summed E-state index contributed by atoms with van der Waals surface area (Å²) in [7, 11) is 0. The van der Waals surface area contributed by atoms with E-state index in [-0.39, 0.29) is 30.6 Å². The van der Waals surface area contributed by atoms with Gasteiger partial charge in [0.1, 0.15) is 5.82 Å². The number of nitrogens with one attached hydrogen (secondary N) is 2. The largest absolute Gasteiger partial charge is 0.346 e. The molecule has 0 spiro atoms. The maximum Gasteiger partial charge on any atom is 0.221 e. The molecular formula is C19H21N3O2S. The van der Waals surface area contributed by atoms with Crippen LogP contribution in [0.15, 0.2) is 30.3 Å². The van der Waals surface area contributed by atoms with Crippen LogP contribution in [0.5, 0.6) is 0 Å². The molecule has 1 amide bonds. The van der Waals surface area contributed by atoms with Crippen LogP contribution in [0.1, 0.15) is 51.7 Å². The van der Waals surface area contributed by atoms with Gasteiger partial charge >= 0.3 is 0 Å². The van der Waals surface area contributed by atoms with E-state index in [4.69, 9.17) is 0 Å². The Kier molecular flexibility index (Phi) is 4.99. The van der Waals surface area contributed by atoms with Crippen molar-refractivity contribution >= 4 is 34.1 Å². The Morgan fingerprint density at radius 1 is 1.24 bits per heavy atom. The highest BCUT2D eigenvalue weighted by Crippen LogP contribution is 2.22. The third-order valence-electron chi connectivity index (χ3n) is 4.12. The third kappa shape index (κ3) is 3.96. The van der Waals surface area contributed by atoms with E-state index < -0.39 is 0 Å². The summed E-state index contributed by atoms with van der Waals surface area (Å²) in [6, 6.07) is 9.40. The number of para-hydroxylation sites is 2. The van der Waals surface area contributed by atoms with Crippen LogP contribution in [0, 0.1) is 13.8 Å². The molecule has 0 radical (unpaired) electrons. The topological polar surface area (TPSA) is 74.8 Å². The predicted octanol–water partition coefficient (Wildman–Crippen LogP) is 4.08. The second kappa shape index (κ2) is 7.19. The Balaban J connectivity index is 1.56. The van der Waals surface area contributed by atoms with E-state index in [1.165, 1.54) is 0 Å². The maximum absolute atomic E-state index is 12.3. The lowest BCUT2D eigenvalue weighted by Gasteiger charge is -2.11. The minimum absolute atomic E-state index is 0.0217. The molecule has 0 aliphatic rings. The standard InChI is InChI=1S/C19H21N3O2S/c1-11-10-14(13(3)25-11)17(23)8-9-18(24)20-12(2)19-21-15-6-4-5-7-16(15)22-19/h4-7,10,12H,8-9H2,1-3H3,(H,20,24)(H,21,22). The molecule has 0 fully saturated rings. The van der Waals surface area contributed by atoms with Gasteiger partial charge in [0.15, 0.2) is 5.78 Å².